The van der Waals surface area contributed by atoms with E-state index >= 15 is 0 Å². The molecule has 3 rings (SSSR count). The van der Waals surface area contributed by atoms with Gasteiger partial charge in [-0.1, -0.05) is 22.6 Å². The first-order valence-corrected chi connectivity index (χ1v) is 5.57. The summed E-state index contributed by atoms with van der Waals surface area (Å²) in [5.74, 6) is 0.907. The zero-order chi connectivity index (χ0) is 7.03. The number of ether oxygens (including phenoxy) is 1. The molecule has 3 fully saturated rings. The molecule has 58 valence electrons. The van der Waals surface area contributed by atoms with Gasteiger partial charge in [-0.05, 0) is 31.6 Å². The molecule has 0 aromatic heterocycles. The Balaban J connectivity index is 2.08. The summed E-state index contributed by atoms with van der Waals surface area (Å²) in [5.41, 5.74) is 0.315. The van der Waals surface area contributed by atoms with Crippen molar-refractivity contribution in [3.05, 3.63) is 0 Å². The molecule has 2 aliphatic heterocycles. The predicted molar refractivity (Wildman–Crippen MR) is 49.5 cm³/mol. The Morgan fingerprint density at radius 3 is 2.40 bits per heavy atom. The lowest BCUT2D eigenvalue weighted by Gasteiger charge is -2.45. The fourth-order valence-electron chi connectivity index (χ4n) is 1.98. The Kier molecular flexibility index (Phi) is 1.93. The van der Waals surface area contributed by atoms with Gasteiger partial charge in [0, 0.05) is 4.43 Å². The largest absolute Gasteiger partial charge is 0.374 e. The van der Waals surface area contributed by atoms with Crippen LogP contribution in [0.15, 0.2) is 0 Å². The van der Waals surface area contributed by atoms with Crippen LogP contribution in [0, 0.1) is 5.92 Å². The quantitative estimate of drug-likeness (QED) is 0.514. The van der Waals surface area contributed by atoms with Gasteiger partial charge in [0.1, 0.15) is 0 Å². The van der Waals surface area contributed by atoms with Gasteiger partial charge >= 0.3 is 0 Å². The van der Waals surface area contributed by atoms with Crippen LogP contribution in [0.1, 0.15) is 25.7 Å². The lowest BCUT2D eigenvalue weighted by molar-refractivity contribution is -0.127. The van der Waals surface area contributed by atoms with E-state index in [0.29, 0.717) is 5.60 Å². The van der Waals surface area contributed by atoms with Gasteiger partial charge in [-0.15, -0.1) is 0 Å². The van der Waals surface area contributed by atoms with E-state index in [1.165, 1.54) is 30.1 Å². The van der Waals surface area contributed by atoms with E-state index in [1.54, 1.807) is 0 Å². The minimum Gasteiger partial charge on any atom is -0.374 e. The van der Waals surface area contributed by atoms with Crippen LogP contribution in [0.3, 0.4) is 0 Å². The van der Waals surface area contributed by atoms with Gasteiger partial charge in [-0.3, -0.25) is 0 Å². The third kappa shape index (κ3) is 1.09. The molecule has 0 N–H and O–H groups in total. The minimum absolute atomic E-state index is 0.315. The second-order valence-electron chi connectivity index (χ2n) is 3.57. The first-order valence-electron chi connectivity index (χ1n) is 4.05. The molecule has 0 aromatic rings. The second kappa shape index (κ2) is 2.63. The summed E-state index contributed by atoms with van der Waals surface area (Å²) >= 11 is 2.46. The molecule has 1 saturated carbocycles. The first-order chi connectivity index (χ1) is 4.85. The first kappa shape index (κ1) is 7.35. The number of rotatable bonds is 1. The molecule has 1 nitrogen and oxygen atoms in total. The van der Waals surface area contributed by atoms with Crippen LogP contribution in [0.2, 0.25) is 0 Å². The summed E-state index contributed by atoms with van der Waals surface area (Å²) < 4.78 is 7.00. The molecule has 3 aliphatic rings. The highest BCUT2D eigenvalue weighted by Gasteiger charge is 2.40. The highest BCUT2D eigenvalue weighted by molar-refractivity contribution is 14.1. The normalized spacial score (nSPS) is 45.9. The molecule has 0 atom stereocenters. The van der Waals surface area contributed by atoms with Crippen LogP contribution in [0.25, 0.3) is 0 Å². The summed E-state index contributed by atoms with van der Waals surface area (Å²) in [6.45, 7) is 1.04. The van der Waals surface area contributed by atoms with Crippen molar-refractivity contribution in [2.24, 2.45) is 5.92 Å². The summed E-state index contributed by atoms with van der Waals surface area (Å²) in [6.07, 6.45) is 5.48. The molecular weight excluding hydrogens is 239 g/mol. The van der Waals surface area contributed by atoms with Crippen molar-refractivity contribution < 1.29 is 4.74 Å². The van der Waals surface area contributed by atoms with E-state index in [4.69, 9.17) is 4.74 Å². The van der Waals surface area contributed by atoms with Gasteiger partial charge in [0.15, 0.2) is 0 Å². The van der Waals surface area contributed by atoms with Crippen molar-refractivity contribution in [1.29, 1.82) is 0 Å². The van der Waals surface area contributed by atoms with E-state index < -0.39 is 0 Å². The lowest BCUT2D eigenvalue weighted by atomic mass is 9.77. The maximum atomic E-state index is 5.81. The lowest BCUT2D eigenvalue weighted by Crippen LogP contribution is -2.46. The summed E-state index contributed by atoms with van der Waals surface area (Å²) in [7, 11) is 0. The highest BCUT2D eigenvalue weighted by Crippen LogP contribution is 2.41. The van der Waals surface area contributed by atoms with Gasteiger partial charge in [0.05, 0.1) is 12.2 Å². The highest BCUT2D eigenvalue weighted by atomic mass is 127. The van der Waals surface area contributed by atoms with Crippen LogP contribution in [0.5, 0.6) is 0 Å². The Morgan fingerprint density at radius 1 is 1.40 bits per heavy atom. The van der Waals surface area contributed by atoms with E-state index in [0.717, 1.165) is 12.5 Å². The smallest absolute Gasteiger partial charge is 0.0771 e. The van der Waals surface area contributed by atoms with Crippen LogP contribution >= 0.6 is 22.6 Å². The summed E-state index contributed by atoms with van der Waals surface area (Å²) in [4.78, 5) is 0. The maximum Gasteiger partial charge on any atom is 0.0771 e. The van der Waals surface area contributed by atoms with Crippen molar-refractivity contribution >= 4 is 22.6 Å². The number of hydrogen-bond donors (Lipinski definition) is 0. The van der Waals surface area contributed by atoms with Gasteiger partial charge in [0.25, 0.3) is 0 Å². The molecule has 0 spiro atoms. The van der Waals surface area contributed by atoms with Crippen molar-refractivity contribution in [3.8, 4) is 0 Å². The molecule has 0 aromatic carbocycles. The van der Waals surface area contributed by atoms with E-state index in [9.17, 15) is 0 Å². The second-order valence-corrected chi connectivity index (χ2v) is 4.33. The van der Waals surface area contributed by atoms with Crippen molar-refractivity contribution in [2.45, 2.75) is 31.3 Å². The molecular formula is C8H13IO. The third-order valence-electron chi connectivity index (χ3n) is 2.89. The summed E-state index contributed by atoms with van der Waals surface area (Å²) in [6, 6.07) is 0. The van der Waals surface area contributed by atoms with Crippen molar-refractivity contribution in [3.63, 3.8) is 0 Å². The van der Waals surface area contributed by atoms with E-state index in [1.807, 2.05) is 0 Å². The molecule has 2 heteroatoms. The predicted octanol–water partition coefficient (Wildman–Crippen LogP) is 2.38. The monoisotopic (exact) mass is 252 g/mol. The van der Waals surface area contributed by atoms with Crippen LogP contribution in [0.4, 0.5) is 0 Å². The Morgan fingerprint density at radius 2 is 2.10 bits per heavy atom. The topological polar surface area (TPSA) is 9.23 Å². The van der Waals surface area contributed by atoms with Gasteiger partial charge in [-0.25, -0.2) is 0 Å². The van der Waals surface area contributed by atoms with Crippen molar-refractivity contribution in [2.75, 3.05) is 11.0 Å². The van der Waals surface area contributed by atoms with E-state index in [-0.39, 0.29) is 0 Å². The number of alkyl halides is 1. The number of hydrogen-bond acceptors (Lipinski definition) is 1. The van der Waals surface area contributed by atoms with Gasteiger partial charge in [-0.2, -0.15) is 0 Å². The van der Waals surface area contributed by atoms with Gasteiger partial charge < -0.3 is 4.74 Å². The molecule has 0 amide bonds. The fourth-order valence-corrected chi connectivity index (χ4v) is 2.96. The summed E-state index contributed by atoms with van der Waals surface area (Å²) in [5, 5.41) is 0. The van der Waals surface area contributed by atoms with Crippen LogP contribution in [-0.4, -0.2) is 16.6 Å². The Hall–Kier alpha value is 0.690. The number of halogens is 1. The molecule has 0 radical (unpaired) electrons. The zero-order valence-electron chi connectivity index (χ0n) is 6.11. The molecule has 2 bridgehead atoms. The van der Waals surface area contributed by atoms with Crippen LogP contribution < -0.4 is 0 Å². The maximum absolute atomic E-state index is 5.81. The minimum atomic E-state index is 0.315. The number of fused-ring (bicyclic) bond motifs is 3. The Labute approximate surface area is 75.7 Å². The Bertz CT molecular complexity index is 113. The molecule has 2 heterocycles. The molecule has 10 heavy (non-hydrogen) atoms. The average Bonchev–Trinajstić information content (AvgIpc) is 2.08. The molecule has 1 aliphatic carbocycles. The van der Waals surface area contributed by atoms with E-state index in [2.05, 4.69) is 22.6 Å². The van der Waals surface area contributed by atoms with Crippen molar-refractivity contribution in [1.82, 2.24) is 0 Å². The molecule has 2 saturated heterocycles. The van der Waals surface area contributed by atoms with Gasteiger partial charge in [0.2, 0.25) is 0 Å². The molecule has 0 unspecified atom stereocenters. The average molecular weight is 252 g/mol. The third-order valence-corrected chi connectivity index (χ3v) is 4.28. The zero-order valence-corrected chi connectivity index (χ0v) is 8.26. The van der Waals surface area contributed by atoms with Crippen LogP contribution in [-0.2, 0) is 4.74 Å². The standard InChI is InChI=1S/C8H13IO/c9-6-8-3-1-7(2-4-8)5-10-8/h7H,1-6H2. The SMILES string of the molecule is ICC12CCC(CC1)CO2. The fraction of sp³-hybridized carbons (Fsp3) is 1.00.